The van der Waals surface area contributed by atoms with Gasteiger partial charge in [0.15, 0.2) is 0 Å². The minimum absolute atomic E-state index is 0.221. The Kier molecular flexibility index (Phi) is 4.56. The molecule has 0 radical (unpaired) electrons. The molecule has 0 spiro atoms. The fourth-order valence-corrected chi connectivity index (χ4v) is 3.34. The van der Waals surface area contributed by atoms with Crippen molar-refractivity contribution in [2.75, 3.05) is 39.3 Å². The van der Waals surface area contributed by atoms with Gasteiger partial charge in [-0.3, -0.25) is 9.80 Å². The van der Waals surface area contributed by atoms with Crippen LogP contribution in [0.15, 0.2) is 18.2 Å². The van der Waals surface area contributed by atoms with Crippen LogP contribution in [0.1, 0.15) is 12.0 Å². The summed E-state index contributed by atoms with van der Waals surface area (Å²) >= 11 is 5.83. The van der Waals surface area contributed by atoms with Gasteiger partial charge < -0.3 is 5.32 Å². The minimum Gasteiger partial charge on any atom is -0.315 e. The molecule has 0 aromatic heterocycles. The van der Waals surface area contributed by atoms with Gasteiger partial charge in [0, 0.05) is 50.9 Å². The molecule has 1 aromatic carbocycles. The van der Waals surface area contributed by atoms with Crippen molar-refractivity contribution in [1.82, 2.24) is 15.1 Å². The second-order valence-corrected chi connectivity index (χ2v) is 6.08. The van der Waals surface area contributed by atoms with Crippen LogP contribution in [0.5, 0.6) is 0 Å². The Hall–Kier alpha value is -0.680. The summed E-state index contributed by atoms with van der Waals surface area (Å²) in [7, 11) is 0. The fraction of sp³-hybridized carbons (Fsp3) is 0.600. The molecular weight excluding hydrogens is 277 g/mol. The Morgan fingerprint density at radius 2 is 2.05 bits per heavy atom. The highest BCUT2D eigenvalue weighted by molar-refractivity contribution is 6.30. The van der Waals surface area contributed by atoms with Crippen LogP contribution in [0, 0.1) is 5.82 Å². The van der Waals surface area contributed by atoms with E-state index in [0.717, 1.165) is 39.3 Å². The van der Waals surface area contributed by atoms with Gasteiger partial charge in [-0.2, -0.15) is 0 Å². The molecule has 0 aliphatic carbocycles. The predicted octanol–water partition coefficient (Wildman–Crippen LogP) is 1.96. The van der Waals surface area contributed by atoms with Gasteiger partial charge in [-0.1, -0.05) is 23.7 Å². The zero-order chi connectivity index (χ0) is 13.9. The maximum Gasteiger partial charge on any atom is 0.146 e. The molecule has 3 nitrogen and oxygen atoms in total. The first kappa shape index (κ1) is 14.3. The molecule has 1 atom stereocenters. The van der Waals surface area contributed by atoms with E-state index < -0.39 is 0 Å². The number of benzene rings is 1. The van der Waals surface area contributed by atoms with E-state index >= 15 is 0 Å². The van der Waals surface area contributed by atoms with E-state index in [0.29, 0.717) is 18.2 Å². The molecule has 1 unspecified atom stereocenters. The van der Waals surface area contributed by atoms with Crippen molar-refractivity contribution in [2.45, 2.75) is 19.0 Å². The molecule has 2 fully saturated rings. The molecule has 2 heterocycles. The van der Waals surface area contributed by atoms with Crippen molar-refractivity contribution in [3.8, 4) is 0 Å². The summed E-state index contributed by atoms with van der Waals surface area (Å²) in [4.78, 5) is 4.87. The number of nitrogens with one attached hydrogen (secondary N) is 1. The van der Waals surface area contributed by atoms with Crippen molar-refractivity contribution < 1.29 is 4.39 Å². The normalized spacial score (nSPS) is 25.2. The SMILES string of the molecule is Fc1c(Cl)cccc1CN1CCN(C2CCNC2)CC1. The third-order valence-corrected chi connectivity index (χ3v) is 4.68. The molecule has 0 amide bonds. The van der Waals surface area contributed by atoms with Crippen LogP contribution in [0.2, 0.25) is 5.02 Å². The van der Waals surface area contributed by atoms with Crippen LogP contribution in [0.3, 0.4) is 0 Å². The Morgan fingerprint density at radius 1 is 1.25 bits per heavy atom. The third kappa shape index (κ3) is 3.14. The lowest BCUT2D eigenvalue weighted by molar-refractivity contribution is 0.0974. The first-order valence-corrected chi connectivity index (χ1v) is 7.72. The van der Waals surface area contributed by atoms with Crippen LogP contribution in [0.4, 0.5) is 4.39 Å². The molecule has 0 saturated carbocycles. The maximum absolute atomic E-state index is 13.9. The Balaban J connectivity index is 1.54. The molecule has 1 N–H and O–H groups in total. The van der Waals surface area contributed by atoms with Gasteiger partial charge in [-0.05, 0) is 19.0 Å². The van der Waals surface area contributed by atoms with Crippen molar-refractivity contribution in [3.63, 3.8) is 0 Å². The highest BCUT2D eigenvalue weighted by atomic mass is 35.5. The van der Waals surface area contributed by atoms with Gasteiger partial charge in [0.2, 0.25) is 0 Å². The summed E-state index contributed by atoms with van der Waals surface area (Å²) in [5.74, 6) is -0.267. The average molecular weight is 298 g/mol. The van der Waals surface area contributed by atoms with E-state index in [1.165, 1.54) is 6.42 Å². The van der Waals surface area contributed by atoms with Gasteiger partial charge in [-0.25, -0.2) is 4.39 Å². The quantitative estimate of drug-likeness (QED) is 0.920. The fourth-order valence-electron chi connectivity index (χ4n) is 3.15. The van der Waals surface area contributed by atoms with Crippen LogP contribution in [-0.4, -0.2) is 55.1 Å². The van der Waals surface area contributed by atoms with Crippen molar-refractivity contribution >= 4 is 11.6 Å². The lowest BCUT2D eigenvalue weighted by Gasteiger charge is -2.37. The van der Waals surface area contributed by atoms with E-state index in [1.54, 1.807) is 6.07 Å². The molecule has 5 heteroatoms. The molecule has 20 heavy (non-hydrogen) atoms. The Bertz CT molecular complexity index is 454. The monoisotopic (exact) mass is 297 g/mol. The molecule has 2 saturated heterocycles. The number of halogens is 2. The second-order valence-electron chi connectivity index (χ2n) is 5.67. The maximum atomic E-state index is 13.9. The van der Waals surface area contributed by atoms with Gasteiger partial charge in [-0.15, -0.1) is 0 Å². The Labute approximate surface area is 124 Å². The standard InChI is InChI=1S/C15H21ClFN3/c16-14-3-1-2-12(15(14)17)11-19-6-8-20(9-7-19)13-4-5-18-10-13/h1-3,13,18H,4-11H2. The van der Waals surface area contributed by atoms with Crippen molar-refractivity contribution in [1.29, 1.82) is 0 Å². The number of rotatable bonds is 3. The van der Waals surface area contributed by atoms with E-state index in [9.17, 15) is 4.39 Å². The summed E-state index contributed by atoms with van der Waals surface area (Å²) in [6.45, 7) is 7.07. The second kappa shape index (κ2) is 6.39. The first-order chi connectivity index (χ1) is 9.74. The van der Waals surface area contributed by atoms with Gasteiger partial charge >= 0.3 is 0 Å². The minimum atomic E-state index is -0.267. The van der Waals surface area contributed by atoms with E-state index in [-0.39, 0.29) is 10.8 Å². The smallest absolute Gasteiger partial charge is 0.146 e. The molecular formula is C15H21ClFN3. The van der Waals surface area contributed by atoms with E-state index in [2.05, 4.69) is 15.1 Å². The molecule has 1 aromatic rings. The summed E-state index contributed by atoms with van der Waals surface area (Å²) in [5, 5.41) is 3.64. The van der Waals surface area contributed by atoms with Gasteiger partial charge in [0.25, 0.3) is 0 Å². The highest BCUT2D eigenvalue weighted by Crippen LogP contribution is 2.20. The Morgan fingerprint density at radius 3 is 2.75 bits per heavy atom. The third-order valence-electron chi connectivity index (χ3n) is 4.38. The lowest BCUT2D eigenvalue weighted by atomic mass is 10.1. The number of nitrogens with zero attached hydrogens (tertiary/aromatic N) is 2. The predicted molar refractivity (Wildman–Crippen MR) is 79.5 cm³/mol. The molecule has 3 rings (SSSR count). The largest absolute Gasteiger partial charge is 0.315 e. The zero-order valence-corrected chi connectivity index (χ0v) is 12.4. The van der Waals surface area contributed by atoms with Gasteiger partial charge in [0.05, 0.1) is 5.02 Å². The summed E-state index contributed by atoms with van der Waals surface area (Å²) < 4.78 is 13.9. The summed E-state index contributed by atoms with van der Waals surface area (Å²) in [5.41, 5.74) is 0.702. The molecule has 2 aliphatic rings. The van der Waals surface area contributed by atoms with Crippen LogP contribution in [-0.2, 0) is 6.54 Å². The van der Waals surface area contributed by atoms with Crippen LogP contribution < -0.4 is 5.32 Å². The van der Waals surface area contributed by atoms with E-state index in [4.69, 9.17) is 11.6 Å². The molecule has 2 aliphatic heterocycles. The molecule has 110 valence electrons. The van der Waals surface area contributed by atoms with Crippen molar-refractivity contribution in [2.24, 2.45) is 0 Å². The summed E-state index contributed by atoms with van der Waals surface area (Å²) in [6.07, 6.45) is 1.25. The van der Waals surface area contributed by atoms with Gasteiger partial charge in [0.1, 0.15) is 5.82 Å². The van der Waals surface area contributed by atoms with Crippen LogP contribution in [0.25, 0.3) is 0 Å². The number of hydrogen-bond donors (Lipinski definition) is 1. The lowest BCUT2D eigenvalue weighted by Crippen LogP contribution is -2.50. The number of hydrogen-bond acceptors (Lipinski definition) is 3. The highest BCUT2D eigenvalue weighted by Gasteiger charge is 2.26. The topological polar surface area (TPSA) is 18.5 Å². The zero-order valence-electron chi connectivity index (χ0n) is 11.6. The average Bonchev–Trinajstić information content (AvgIpc) is 2.99. The molecule has 0 bridgehead atoms. The van der Waals surface area contributed by atoms with Crippen molar-refractivity contribution in [3.05, 3.63) is 34.6 Å². The number of piperazine rings is 1. The van der Waals surface area contributed by atoms with Crippen LogP contribution >= 0.6 is 11.6 Å². The van der Waals surface area contributed by atoms with E-state index in [1.807, 2.05) is 12.1 Å². The first-order valence-electron chi connectivity index (χ1n) is 7.34. The summed E-state index contributed by atoms with van der Waals surface area (Å²) in [6, 6.07) is 5.95.